The van der Waals surface area contributed by atoms with Gasteiger partial charge in [0.1, 0.15) is 5.82 Å². The average molecular weight is 309 g/mol. The van der Waals surface area contributed by atoms with E-state index in [1.165, 1.54) is 43.5 Å². The monoisotopic (exact) mass is 309 g/mol. The molecule has 2 rings (SSSR count). The number of nitrogens with one attached hydrogen (secondary N) is 1. The van der Waals surface area contributed by atoms with Crippen molar-refractivity contribution in [2.75, 3.05) is 12.4 Å². The maximum atomic E-state index is 13.1. The highest BCUT2D eigenvalue weighted by atomic mass is 19.3. The van der Waals surface area contributed by atoms with E-state index in [1.807, 2.05) is 0 Å². The Hall–Kier alpha value is -2.50. The molecule has 0 saturated heterocycles. The molecule has 2 aromatic carbocycles. The van der Waals surface area contributed by atoms with Crippen LogP contribution in [0.25, 0.3) is 0 Å². The van der Waals surface area contributed by atoms with E-state index in [-0.39, 0.29) is 16.8 Å². The summed E-state index contributed by atoms with van der Waals surface area (Å²) in [5.41, 5.74) is 1.17. The zero-order chi connectivity index (χ0) is 16.3. The zero-order valence-electron chi connectivity index (χ0n) is 12.0. The Morgan fingerprint density at radius 3 is 2.45 bits per heavy atom. The summed E-state index contributed by atoms with van der Waals surface area (Å²) in [7, 11) is 1.20. The molecule has 1 N–H and O–H groups in total. The molecule has 2 aromatic rings. The molecule has 0 radical (unpaired) electrons. The first-order valence-corrected chi connectivity index (χ1v) is 6.46. The average Bonchev–Trinajstić information content (AvgIpc) is 2.49. The minimum Gasteiger partial charge on any atom is -0.465 e. The Morgan fingerprint density at radius 2 is 1.86 bits per heavy atom. The minimum absolute atomic E-state index is 0.121. The molecule has 0 saturated carbocycles. The van der Waals surface area contributed by atoms with E-state index in [0.29, 0.717) is 11.3 Å². The molecular formula is C16H14F3NO2. The third-order valence-electron chi connectivity index (χ3n) is 3.16. The van der Waals surface area contributed by atoms with Crippen molar-refractivity contribution < 1.29 is 22.7 Å². The van der Waals surface area contributed by atoms with Crippen molar-refractivity contribution in [1.82, 2.24) is 0 Å². The third kappa shape index (κ3) is 3.39. The molecule has 116 valence electrons. The van der Waals surface area contributed by atoms with E-state index in [4.69, 9.17) is 0 Å². The van der Waals surface area contributed by atoms with E-state index in [9.17, 15) is 18.0 Å². The topological polar surface area (TPSA) is 38.3 Å². The van der Waals surface area contributed by atoms with Gasteiger partial charge in [-0.2, -0.15) is 0 Å². The molecule has 0 spiro atoms. The third-order valence-corrected chi connectivity index (χ3v) is 3.16. The number of halogens is 3. The number of hydrogen-bond acceptors (Lipinski definition) is 3. The molecule has 0 aliphatic heterocycles. The van der Waals surface area contributed by atoms with Gasteiger partial charge in [0.25, 0.3) is 6.43 Å². The van der Waals surface area contributed by atoms with Gasteiger partial charge in [-0.25, -0.2) is 18.0 Å². The molecule has 22 heavy (non-hydrogen) atoms. The van der Waals surface area contributed by atoms with Crippen LogP contribution in [0.5, 0.6) is 0 Å². The van der Waals surface area contributed by atoms with Crippen LogP contribution in [0.4, 0.5) is 24.5 Å². The predicted octanol–water partition coefficient (Wildman–Crippen LogP) is 4.60. The van der Waals surface area contributed by atoms with E-state index in [0.717, 1.165) is 0 Å². The van der Waals surface area contributed by atoms with Gasteiger partial charge >= 0.3 is 5.97 Å². The molecule has 0 bridgehead atoms. The standard InChI is InChI=1S/C16H14F3NO2/c1-9-7-11(17)4-6-13(9)20-14-8-10(15(18)19)3-5-12(14)16(21)22-2/h3-8,15,20H,1-2H3. The number of carbonyl (C=O) groups excluding carboxylic acids is 1. The Morgan fingerprint density at radius 1 is 1.14 bits per heavy atom. The molecule has 0 heterocycles. The fraction of sp³-hybridized carbons (Fsp3) is 0.188. The number of esters is 1. The van der Waals surface area contributed by atoms with Crippen molar-refractivity contribution in [2.45, 2.75) is 13.3 Å². The van der Waals surface area contributed by atoms with Crippen LogP contribution < -0.4 is 5.32 Å². The summed E-state index contributed by atoms with van der Waals surface area (Å²) in [6.45, 7) is 1.67. The molecule has 0 amide bonds. The normalized spacial score (nSPS) is 10.6. The van der Waals surface area contributed by atoms with Crippen molar-refractivity contribution in [1.29, 1.82) is 0 Å². The van der Waals surface area contributed by atoms with E-state index in [2.05, 4.69) is 10.1 Å². The van der Waals surface area contributed by atoms with Crippen molar-refractivity contribution in [2.24, 2.45) is 0 Å². The SMILES string of the molecule is COC(=O)c1ccc(C(F)F)cc1Nc1ccc(F)cc1C. The highest BCUT2D eigenvalue weighted by Crippen LogP contribution is 2.29. The number of hydrogen-bond donors (Lipinski definition) is 1. The largest absolute Gasteiger partial charge is 0.465 e. The van der Waals surface area contributed by atoms with Crippen LogP contribution in [0.15, 0.2) is 36.4 Å². The summed E-state index contributed by atoms with van der Waals surface area (Å²) in [6.07, 6.45) is -2.67. The first kappa shape index (κ1) is 15.9. The summed E-state index contributed by atoms with van der Waals surface area (Å²) < 4.78 is 43.4. The van der Waals surface area contributed by atoms with Crippen LogP contribution in [0, 0.1) is 12.7 Å². The van der Waals surface area contributed by atoms with Gasteiger partial charge in [0.05, 0.1) is 18.4 Å². The Kier molecular flexibility index (Phi) is 4.70. The van der Waals surface area contributed by atoms with Crippen LogP contribution >= 0.6 is 0 Å². The number of anilines is 2. The minimum atomic E-state index is -2.67. The second kappa shape index (κ2) is 6.51. The molecule has 0 unspecified atom stereocenters. The van der Waals surface area contributed by atoms with Crippen LogP contribution in [0.3, 0.4) is 0 Å². The van der Waals surface area contributed by atoms with Gasteiger partial charge in [0.2, 0.25) is 0 Å². The second-order valence-electron chi connectivity index (χ2n) is 4.68. The van der Waals surface area contributed by atoms with E-state index in [1.54, 1.807) is 6.92 Å². The first-order valence-electron chi connectivity index (χ1n) is 6.46. The highest BCUT2D eigenvalue weighted by molar-refractivity contribution is 5.96. The van der Waals surface area contributed by atoms with Crippen molar-refractivity contribution >= 4 is 17.3 Å². The lowest BCUT2D eigenvalue weighted by Gasteiger charge is -2.14. The van der Waals surface area contributed by atoms with Gasteiger partial charge in [0.15, 0.2) is 0 Å². The maximum absolute atomic E-state index is 13.1. The molecule has 0 fully saturated rings. The van der Waals surface area contributed by atoms with Crippen LogP contribution in [0.2, 0.25) is 0 Å². The fourth-order valence-electron chi connectivity index (χ4n) is 2.00. The molecule has 0 atom stereocenters. The van der Waals surface area contributed by atoms with Crippen LogP contribution in [-0.2, 0) is 4.74 Å². The number of carbonyl (C=O) groups is 1. The molecule has 3 nitrogen and oxygen atoms in total. The van der Waals surface area contributed by atoms with Crippen LogP contribution in [0.1, 0.15) is 27.9 Å². The van der Waals surface area contributed by atoms with Crippen LogP contribution in [-0.4, -0.2) is 13.1 Å². The van der Waals surface area contributed by atoms with E-state index < -0.39 is 18.2 Å². The van der Waals surface area contributed by atoms with Gasteiger partial charge in [-0.3, -0.25) is 0 Å². The Labute approximate surface area is 125 Å². The van der Waals surface area contributed by atoms with Crippen molar-refractivity contribution in [3.05, 3.63) is 58.9 Å². The quantitative estimate of drug-likeness (QED) is 0.839. The fourth-order valence-corrected chi connectivity index (χ4v) is 2.00. The van der Waals surface area contributed by atoms with Gasteiger partial charge < -0.3 is 10.1 Å². The summed E-state index contributed by atoms with van der Waals surface area (Å²) >= 11 is 0. The summed E-state index contributed by atoms with van der Waals surface area (Å²) in [5, 5.41) is 2.88. The summed E-state index contributed by atoms with van der Waals surface area (Å²) in [6, 6.07) is 7.63. The number of methoxy groups -OCH3 is 1. The number of benzene rings is 2. The molecular weight excluding hydrogens is 295 g/mol. The smallest absolute Gasteiger partial charge is 0.339 e. The number of alkyl halides is 2. The zero-order valence-corrected chi connectivity index (χ0v) is 12.0. The first-order chi connectivity index (χ1) is 10.4. The van der Waals surface area contributed by atoms with Gasteiger partial charge in [-0.15, -0.1) is 0 Å². The Balaban J connectivity index is 2.46. The molecule has 0 aliphatic rings. The van der Waals surface area contributed by atoms with Crippen molar-refractivity contribution in [3.63, 3.8) is 0 Å². The van der Waals surface area contributed by atoms with Gasteiger partial charge in [-0.05, 0) is 42.8 Å². The lowest BCUT2D eigenvalue weighted by Crippen LogP contribution is -2.07. The lowest BCUT2D eigenvalue weighted by molar-refractivity contribution is 0.0601. The summed E-state index contributed by atoms with van der Waals surface area (Å²) in [4.78, 5) is 11.7. The lowest BCUT2D eigenvalue weighted by atomic mass is 10.1. The molecule has 0 aliphatic carbocycles. The van der Waals surface area contributed by atoms with Gasteiger partial charge in [0, 0.05) is 11.3 Å². The summed E-state index contributed by atoms with van der Waals surface area (Å²) in [5.74, 6) is -1.05. The predicted molar refractivity (Wildman–Crippen MR) is 77.2 cm³/mol. The Bertz CT molecular complexity index is 702. The highest BCUT2D eigenvalue weighted by Gasteiger charge is 2.16. The van der Waals surface area contributed by atoms with Gasteiger partial charge in [-0.1, -0.05) is 6.07 Å². The van der Waals surface area contributed by atoms with E-state index >= 15 is 0 Å². The maximum Gasteiger partial charge on any atom is 0.339 e. The number of aryl methyl sites for hydroxylation is 1. The molecule has 6 heteroatoms. The second-order valence-corrected chi connectivity index (χ2v) is 4.68. The van der Waals surface area contributed by atoms with Crippen molar-refractivity contribution in [3.8, 4) is 0 Å². The molecule has 0 aromatic heterocycles. The number of rotatable bonds is 4. The number of ether oxygens (including phenoxy) is 1.